The number of anilines is 1. The first-order chi connectivity index (χ1) is 15.2. The van der Waals surface area contributed by atoms with Gasteiger partial charge in [-0.15, -0.1) is 0 Å². The third kappa shape index (κ3) is 3.93. The number of rotatable bonds is 7. The van der Waals surface area contributed by atoms with Crippen molar-refractivity contribution in [2.75, 3.05) is 31.5 Å². The molecule has 31 heavy (non-hydrogen) atoms. The van der Waals surface area contributed by atoms with Gasteiger partial charge in [-0.2, -0.15) is 0 Å². The van der Waals surface area contributed by atoms with E-state index in [0.717, 1.165) is 60.5 Å². The molecule has 0 saturated carbocycles. The molecule has 1 aliphatic rings. The number of carbonyl (C=O) groups is 1. The summed E-state index contributed by atoms with van der Waals surface area (Å²) >= 11 is 0. The lowest BCUT2D eigenvalue weighted by atomic mass is 10.0. The van der Waals surface area contributed by atoms with Crippen LogP contribution in [-0.4, -0.2) is 66.5 Å². The molecule has 1 fully saturated rings. The van der Waals surface area contributed by atoms with Gasteiger partial charge in [-0.1, -0.05) is 12.1 Å². The zero-order chi connectivity index (χ0) is 21.2. The molecule has 10 heteroatoms. The van der Waals surface area contributed by atoms with Gasteiger partial charge in [0.05, 0.1) is 23.9 Å². The number of fused-ring (bicyclic) bond motifs is 2. The molecular formula is C21H25N9O. The fourth-order valence-corrected chi connectivity index (χ4v) is 4.48. The van der Waals surface area contributed by atoms with Crippen molar-refractivity contribution in [2.45, 2.75) is 25.3 Å². The number of carbonyl (C=O) groups excluding carboxylic acids is 1. The number of imidazole rings is 2. The summed E-state index contributed by atoms with van der Waals surface area (Å²) < 4.78 is 2.34. The number of aromatic amines is 1. The molecule has 0 aliphatic carbocycles. The molecular weight excluding hydrogens is 394 g/mol. The summed E-state index contributed by atoms with van der Waals surface area (Å²) in [6.45, 7) is 2.67. The maximum Gasteiger partial charge on any atom is 0.231 e. The Hall–Kier alpha value is -3.53. The highest BCUT2D eigenvalue weighted by molar-refractivity contribution is 5.82. The van der Waals surface area contributed by atoms with Crippen molar-refractivity contribution in [1.29, 1.82) is 0 Å². The Bertz CT molecular complexity index is 1210. The van der Waals surface area contributed by atoms with Crippen molar-refractivity contribution >= 4 is 33.9 Å². The molecule has 4 N–H and O–H groups in total. The van der Waals surface area contributed by atoms with Crippen molar-refractivity contribution in [1.82, 2.24) is 34.4 Å². The van der Waals surface area contributed by atoms with E-state index in [1.54, 1.807) is 6.33 Å². The molecule has 1 amide bonds. The highest BCUT2D eigenvalue weighted by atomic mass is 16.1. The van der Waals surface area contributed by atoms with E-state index in [0.29, 0.717) is 18.7 Å². The fourth-order valence-electron chi connectivity index (χ4n) is 4.48. The van der Waals surface area contributed by atoms with E-state index < -0.39 is 0 Å². The lowest BCUT2D eigenvalue weighted by Crippen LogP contribution is -2.41. The van der Waals surface area contributed by atoms with Gasteiger partial charge in [-0.25, -0.2) is 19.9 Å². The van der Waals surface area contributed by atoms with Crippen molar-refractivity contribution in [3.8, 4) is 0 Å². The Labute approximate surface area is 178 Å². The molecule has 5 rings (SSSR count). The van der Waals surface area contributed by atoms with E-state index in [9.17, 15) is 4.79 Å². The van der Waals surface area contributed by atoms with Gasteiger partial charge >= 0.3 is 0 Å². The molecule has 3 aromatic heterocycles. The number of likely N-dealkylation sites (tertiary alicyclic amines) is 1. The van der Waals surface area contributed by atoms with E-state index in [1.807, 2.05) is 18.2 Å². The molecule has 0 radical (unpaired) electrons. The van der Waals surface area contributed by atoms with Crippen molar-refractivity contribution < 1.29 is 4.79 Å². The molecule has 0 spiro atoms. The summed E-state index contributed by atoms with van der Waals surface area (Å²) in [5, 5.41) is 3.38. The summed E-state index contributed by atoms with van der Waals surface area (Å²) in [5.74, 6) is 1.47. The summed E-state index contributed by atoms with van der Waals surface area (Å²) in [4.78, 5) is 34.2. The predicted octanol–water partition coefficient (Wildman–Crippen LogP) is 1.48. The zero-order valence-electron chi connectivity index (χ0n) is 17.2. The highest BCUT2D eigenvalue weighted by Crippen LogP contribution is 2.28. The summed E-state index contributed by atoms with van der Waals surface area (Å²) in [5.41, 5.74) is 8.99. The second-order valence-electron chi connectivity index (χ2n) is 7.88. The number of aromatic nitrogens is 6. The van der Waals surface area contributed by atoms with Gasteiger partial charge in [0.15, 0.2) is 11.5 Å². The number of nitrogens with zero attached hydrogens (tertiary/aromatic N) is 6. The number of amides is 1. The van der Waals surface area contributed by atoms with Gasteiger partial charge in [-0.3, -0.25) is 9.69 Å². The van der Waals surface area contributed by atoms with Crippen LogP contribution in [-0.2, 0) is 11.2 Å². The first kappa shape index (κ1) is 19.4. The number of para-hydroxylation sites is 2. The molecule has 0 unspecified atom stereocenters. The fraction of sp³-hybridized carbons (Fsp3) is 0.381. The molecule has 160 valence electrons. The number of hydrogen-bond acceptors (Lipinski definition) is 7. The Morgan fingerprint density at radius 2 is 2.16 bits per heavy atom. The van der Waals surface area contributed by atoms with E-state index in [-0.39, 0.29) is 11.9 Å². The third-order valence-corrected chi connectivity index (χ3v) is 5.76. The summed E-state index contributed by atoms with van der Waals surface area (Å²) in [7, 11) is 0. The topological polar surface area (TPSA) is 131 Å². The minimum absolute atomic E-state index is 0.258. The number of nitrogens with two attached hydrogens (primary N) is 1. The van der Waals surface area contributed by atoms with Crippen LogP contribution in [0.4, 0.5) is 5.82 Å². The molecule has 1 atom stereocenters. The SMILES string of the molecule is NC(=O)CN1CCC[C@@H](n2c(CCNc3ncnc4nc[nH]c34)nc3ccccc32)C1. The van der Waals surface area contributed by atoms with Gasteiger partial charge in [0.25, 0.3) is 0 Å². The van der Waals surface area contributed by atoms with Crippen molar-refractivity contribution in [2.24, 2.45) is 5.73 Å². The Morgan fingerprint density at radius 1 is 1.26 bits per heavy atom. The molecule has 0 bridgehead atoms. The zero-order valence-corrected chi connectivity index (χ0v) is 17.2. The average Bonchev–Trinajstić information content (AvgIpc) is 3.38. The third-order valence-electron chi connectivity index (χ3n) is 5.76. The number of H-pyrrole nitrogens is 1. The quantitative estimate of drug-likeness (QED) is 0.413. The Morgan fingerprint density at radius 3 is 3.06 bits per heavy atom. The van der Waals surface area contributed by atoms with Crippen molar-refractivity contribution in [3.63, 3.8) is 0 Å². The van der Waals surface area contributed by atoms with Crippen LogP contribution in [0, 0.1) is 0 Å². The van der Waals surface area contributed by atoms with Gasteiger partial charge in [0.1, 0.15) is 17.7 Å². The minimum atomic E-state index is -0.282. The average molecular weight is 419 g/mol. The van der Waals surface area contributed by atoms with Crippen LogP contribution in [0.25, 0.3) is 22.2 Å². The first-order valence-electron chi connectivity index (χ1n) is 10.5. The number of hydrogen-bond donors (Lipinski definition) is 3. The number of piperidine rings is 1. The molecule has 1 aromatic carbocycles. The number of nitrogens with one attached hydrogen (secondary N) is 2. The van der Waals surface area contributed by atoms with Crippen molar-refractivity contribution in [3.05, 3.63) is 42.7 Å². The van der Waals surface area contributed by atoms with Crippen LogP contribution in [0.5, 0.6) is 0 Å². The van der Waals surface area contributed by atoms with Crippen LogP contribution in [0.2, 0.25) is 0 Å². The number of primary amides is 1. The second-order valence-corrected chi connectivity index (χ2v) is 7.88. The standard InChI is InChI=1S/C21H25N9O/c22-17(31)11-29-9-3-4-14(10-29)30-16-6-2-1-5-15(16)28-18(30)7-8-23-20-19-21(25-12-24-19)27-13-26-20/h1-2,5-6,12-14H,3-4,7-11H2,(H2,22,31)(H2,23,24,25,26,27)/t14-/m1/s1. The van der Waals surface area contributed by atoms with Gasteiger partial charge in [0.2, 0.25) is 5.91 Å². The Balaban J connectivity index is 1.38. The maximum atomic E-state index is 11.4. The summed E-state index contributed by atoms with van der Waals surface area (Å²) in [6.07, 6.45) is 5.94. The highest BCUT2D eigenvalue weighted by Gasteiger charge is 2.25. The Kier molecular flexibility index (Phi) is 5.21. The molecule has 4 aromatic rings. The summed E-state index contributed by atoms with van der Waals surface area (Å²) in [6, 6.07) is 8.48. The largest absolute Gasteiger partial charge is 0.369 e. The van der Waals surface area contributed by atoms with E-state index >= 15 is 0 Å². The van der Waals surface area contributed by atoms with E-state index in [4.69, 9.17) is 10.7 Å². The molecule has 10 nitrogen and oxygen atoms in total. The van der Waals surface area contributed by atoms with Crippen LogP contribution in [0.15, 0.2) is 36.9 Å². The van der Waals surface area contributed by atoms with E-state index in [2.05, 4.69) is 40.8 Å². The first-order valence-corrected chi connectivity index (χ1v) is 10.5. The van der Waals surface area contributed by atoms with Crippen LogP contribution in [0.3, 0.4) is 0 Å². The minimum Gasteiger partial charge on any atom is -0.369 e. The maximum absolute atomic E-state index is 11.4. The lowest BCUT2D eigenvalue weighted by molar-refractivity contribution is -0.119. The van der Waals surface area contributed by atoms with Gasteiger partial charge in [0, 0.05) is 25.6 Å². The lowest BCUT2D eigenvalue weighted by Gasteiger charge is -2.33. The number of benzene rings is 1. The normalized spacial score (nSPS) is 17.4. The van der Waals surface area contributed by atoms with E-state index in [1.165, 1.54) is 6.33 Å². The molecule has 1 aliphatic heterocycles. The molecule has 1 saturated heterocycles. The van der Waals surface area contributed by atoms with Crippen LogP contribution >= 0.6 is 0 Å². The van der Waals surface area contributed by atoms with Crippen LogP contribution in [0.1, 0.15) is 24.7 Å². The van der Waals surface area contributed by atoms with Crippen LogP contribution < -0.4 is 11.1 Å². The second kappa shape index (κ2) is 8.31. The van der Waals surface area contributed by atoms with Gasteiger partial charge < -0.3 is 20.6 Å². The molecule has 4 heterocycles. The monoisotopic (exact) mass is 419 g/mol. The predicted molar refractivity (Wildman–Crippen MR) is 118 cm³/mol. The van der Waals surface area contributed by atoms with Gasteiger partial charge in [-0.05, 0) is 31.5 Å². The smallest absolute Gasteiger partial charge is 0.231 e.